The lowest BCUT2D eigenvalue weighted by Gasteiger charge is -2.18. The van der Waals surface area contributed by atoms with Gasteiger partial charge in [0.25, 0.3) is 0 Å². The Bertz CT molecular complexity index is 425. The fraction of sp³-hybridized carbons (Fsp3) is 0.417. The van der Waals surface area contributed by atoms with E-state index >= 15 is 0 Å². The van der Waals surface area contributed by atoms with Crippen LogP contribution in [-0.4, -0.2) is 33.9 Å². The second kappa shape index (κ2) is 6.44. The first-order chi connectivity index (χ1) is 8.45. The summed E-state index contributed by atoms with van der Waals surface area (Å²) in [5.74, 6) is -1.82. The summed E-state index contributed by atoms with van der Waals surface area (Å²) in [7, 11) is 0. The number of hydrogen-bond acceptors (Lipinski definition) is 4. The number of aliphatic hydroxyl groups excluding tert-OH is 2. The molecule has 1 rings (SSSR count). The second-order valence-electron chi connectivity index (χ2n) is 4.01. The molecule has 5 N–H and O–H groups in total. The van der Waals surface area contributed by atoms with Gasteiger partial charge in [-0.2, -0.15) is 0 Å². The van der Waals surface area contributed by atoms with Crippen molar-refractivity contribution in [3.8, 4) is 0 Å². The summed E-state index contributed by atoms with van der Waals surface area (Å²) in [5.41, 5.74) is 5.50. The summed E-state index contributed by atoms with van der Waals surface area (Å²) in [6.07, 6.45) is -2.54. The van der Waals surface area contributed by atoms with Crippen LogP contribution in [0.25, 0.3) is 0 Å². The number of rotatable bonds is 6. The number of hydrogen-bond donors (Lipinski definition) is 4. The maximum Gasteiger partial charge on any atom is 0.307 e. The molecular formula is C12H16FNO4. The van der Waals surface area contributed by atoms with E-state index < -0.39 is 30.4 Å². The zero-order valence-corrected chi connectivity index (χ0v) is 9.71. The largest absolute Gasteiger partial charge is 0.481 e. The van der Waals surface area contributed by atoms with Crippen LogP contribution in [0.5, 0.6) is 0 Å². The molecule has 0 radical (unpaired) electrons. The third-order valence-electron chi connectivity index (χ3n) is 2.58. The zero-order chi connectivity index (χ0) is 13.7. The van der Waals surface area contributed by atoms with Gasteiger partial charge in [-0.05, 0) is 36.2 Å². The van der Waals surface area contributed by atoms with Crippen LogP contribution in [0, 0.1) is 5.82 Å². The van der Waals surface area contributed by atoms with Crippen molar-refractivity contribution in [1.29, 1.82) is 0 Å². The molecule has 0 saturated heterocycles. The molecule has 0 aromatic heterocycles. The van der Waals surface area contributed by atoms with Gasteiger partial charge in [0.1, 0.15) is 11.9 Å². The fourth-order valence-corrected chi connectivity index (χ4v) is 1.63. The van der Waals surface area contributed by atoms with E-state index in [4.69, 9.17) is 10.8 Å². The Morgan fingerprint density at radius 1 is 1.39 bits per heavy atom. The fourth-order valence-electron chi connectivity index (χ4n) is 1.63. The molecule has 0 bridgehead atoms. The van der Waals surface area contributed by atoms with Gasteiger partial charge in [-0.1, -0.05) is 6.07 Å². The molecular weight excluding hydrogens is 241 g/mol. The monoisotopic (exact) mass is 257 g/mol. The molecule has 2 unspecified atom stereocenters. The number of carboxylic acids is 1. The Labute approximate surface area is 104 Å². The van der Waals surface area contributed by atoms with E-state index in [1.807, 2.05) is 0 Å². The minimum Gasteiger partial charge on any atom is -0.481 e. The van der Waals surface area contributed by atoms with E-state index in [-0.39, 0.29) is 24.1 Å². The number of nitrogens with two attached hydrogens (primary N) is 1. The van der Waals surface area contributed by atoms with Gasteiger partial charge in [-0.25, -0.2) is 4.39 Å². The van der Waals surface area contributed by atoms with Crippen LogP contribution in [0.1, 0.15) is 23.7 Å². The molecule has 5 nitrogen and oxygen atoms in total. The van der Waals surface area contributed by atoms with Crippen LogP contribution in [0.15, 0.2) is 18.2 Å². The average Bonchev–Trinajstić information content (AvgIpc) is 2.31. The normalized spacial score (nSPS) is 14.2. The molecule has 2 atom stereocenters. The molecule has 6 heteroatoms. The molecule has 0 aliphatic heterocycles. The molecule has 0 aliphatic rings. The molecule has 18 heavy (non-hydrogen) atoms. The number of halogens is 1. The van der Waals surface area contributed by atoms with Crippen LogP contribution in [0.4, 0.5) is 4.39 Å². The number of carboxylic acid groups (broad SMARTS) is 1. The maximum absolute atomic E-state index is 13.3. The topological polar surface area (TPSA) is 104 Å². The van der Waals surface area contributed by atoms with Crippen LogP contribution in [-0.2, 0) is 11.2 Å². The van der Waals surface area contributed by atoms with Crippen molar-refractivity contribution in [2.75, 3.05) is 6.54 Å². The van der Waals surface area contributed by atoms with Gasteiger partial charge in [-0.3, -0.25) is 4.79 Å². The van der Waals surface area contributed by atoms with E-state index in [0.717, 1.165) is 6.07 Å². The number of carbonyl (C=O) groups is 1. The van der Waals surface area contributed by atoms with Crippen molar-refractivity contribution in [2.24, 2.45) is 5.73 Å². The summed E-state index contributed by atoms with van der Waals surface area (Å²) < 4.78 is 13.3. The lowest BCUT2D eigenvalue weighted by molar-refractivity contribution is -0.136. The Morgan fingerprint density at radius 2 is 2.06 bits per heavy atom. The maximum atomic E-state index is 13.3. The van der Waals surface area contributed by atoms with Crippen molar-refractivity contribution in [1.82, 2.24) is 0 Å². The third-order valence-corrected chi connectivity index (χ3v) is 2.58. The van der Waals surface area contributed by atoms with Gasteiger partial charge in [-0.15, -0.1) is 0 Å². The third kappa shape index (κ3) is 3.76. The van der Waals surface area contributed by atoms with Gasteiger partial charge in [0.15, 0.2) is 0 Å². The van der Waals surface area contributed by atoms with E-state index in [9.17, 15) is 19.4 Å². The minimum atomic E-state index is -1.21. The summed E-state index contributed by atoms with van der Waals surface area (Å²) in [4.78, 5) is 10.5. The van der Waals surface area contributed by atoms with E-state index in [1.54, 1.807) is 0 Å². The lowest BCUT2D eigenvalue weighted by atomic mass is 9.99. The zero-order valence-electron chi connectivity index (χ0n) is 9.71. The molecule has 1 aromatic rings. The quantitative estimate of drug-likeness (QED) is 0.582. The average molecular weight is 257 g/mol. The first-order valence-corrected chi connectivity index (χ1v) is 5.52. The van der Waals surface area contributed by atoms with Crippen molar-refractivity contribution < 1.29 is 24.5 Å². The summed E-state index contributed by atoms with van der Waals surface area (Å²) in [6.45, 7) is 0.210. The highest BCUT2D eigenvalue weighted by Gasteiger charge is 2.19. The van der Waals surface area contributed by atoms with Crippen LogP contribution >= 0.6 is 0 Å². The standard InChI is InChI=1S/C12H16FNO4/c13-9-2-1-7(5-8(9)6-11(16)17)12(18)10(15)3-4-14/h1-2,5,10,12,15,18H,3-4,6,14H2,(H,16,17). The minimum absolute atomic E-state index is 0.0287. The number of aliphatic hydroxyl groups is 2. The molecule has 1 aromatic carbocycles. The Morgan fingerprint density at radius 3 is 2.61 bits per heavy atom. The van der Waals surface area contributed by atoms with E-state index in [2.05, 4.69) is 0 Å². The van der Waals surface area contributed by atoms with Gasteiger partial charge < -0.3 is 21.1 Å². The highest BCUT2D eigenvalue weighted by molar-refractivity contribution is 5.70. The summed E-state index contributed by atoms with van der Waals surface area (Å²) in [5, 5.41) is 28.0. The molecule has 0 saturated carbocycles. The number of aliphatic carboxylic acids is 1. The van der Waals surface area contributed by atoms with Gasteiger partial charge in [0, 0.05) is 0 Å². The Balaban J connectivity index is 2.93. The van der Waals surface area contributed by atoms with Crippen LogP contribution < -0.4 is 5.73 Å². The van der Waals surface area contributed by atoms with Gasteiger partial charge >= 0.3 is 5.97 Å². The molecule has 0 fully saturated rings. The number of benzene rings is 1. The molecule has 0 amide bonds. The predicted octanol–water partition coefficient (Wildman–Crippen LogP) is 0.196. The van der Waals surface area contributed by atoms with E-state index in [0.29, 0.717) is 0 Å². The smallest absolute Gasteiger partial charge is 0.307 e. The second-order valence-corrected chi connectivity index (χ2v) is 4.01. The molecule has 0 heterocycles. The summed E-state index contributed by atoms with van der Waals surface area (Å²) >= 11 is 0. The highest BCUT2D eigenvalue weighted by Crippen LogP contribution is 2.21. The summed E-state index contributed by atoms with van der Waals surface area (Å²) in [6, 6.07) is 3.63. The SMILES string of the molecule is NCCC(O)C(O)c1ccc(F)c(CC(=O)O)c1. The van der Waals surface area contributed by atoms with Crippen molar-refractivity contribution in [3.05, 3.63) is 35.1 Å². The van der Waals surface area contributed by atoms with E-state index in [1.165, 1.54) is 12.1 Å². The Kier molecular flexibility index (Phi) is 5.21. The molecule has 0 aliphatic carbocycles. The highest BCUT2D eigenvalue weighted by atomic mass is 19.1. The first kappa shape index (κ1) is 14.6. The Hall–Kier alpha value is -1.50. The predicted molar refractivity (Wildman–Crippen MR) is 62.4 cm³/mol. The molecule has 100 valence electrons. The van der Waals surface area contributed by atoms with Gasteiger partial charge in [0.2, 0.25) is 0 Å². The van der Waals surface area contributed by atoms with Crippen LogP contribution in [0.3, 0.4) is 0 Å². The lowest BCUT2D eigenvalue weighted by Crippen LogP contribution is -2.22. The van der Waals surface area contributed by atoms with Crippen molar-refractivity contribution in [3.63, 3.8) is 0 Å². The van der Waals surface area contributed by atoms with Gasteiger partial charge in [0.05, 0.1) is 12.5 Å². The van der Waals surface area contributed by atoms with Crippen molar-refractivity contribution in [2.45, 2.75) is 25.0 Å². The van der Waals surface area contributed by atoms with Crippen molar-refractivity contribution >= 4 is 5.97 Å². The van der Waals surface area contributed by atoms with Crippen LogP contribution in [0.2, 0.25) is 0 Å². The molecule has 0 spiro atoms. The first-order valence-electron chi connectivity index (χ1n) is 5.52.